The van der Waals surface area contributed by atoms with E-state index in [1.165, 1.54) is 6.07 Å². The summed E-state index contributed by atoms with van der Waals surface area (Å²) in [5.74, 6) is 0.302. The number of ether oxygens (including phenoxy) is 1. The SMILES string of the molecule is O=[N+]([O-])c1ccccc1OCCCCCO. The molecule has 5 nitrogen and oxygen atoms in total. The number of para-hydroxylation sites is 2. The molecule has 0 saturated heterocycles. The Morgan fingerprint density at radius 3 is 2.69 bits per heavy atom. The summed E-state index contributed by atoms with van der Waals surface area (Å²) < 4.78 is 5.32. The molecule has 16 heavy (non-hydrogen) atoms. The molecule has 1 aromatic carbocycles. The minimum atomic E-state index is -0.455. The first kappa shape index (κ1) is 12.4. The number of rotatable bonds is 7. The lowest BCUT2D eigenvalue weighted by atomic mass is 10.2. The van der Waals surface area contributed by atoms with Gasteiger partial charge in [0.25, 0.3) is 0 Å². The van der Waals surface area contributed by atoms with E-state index >= 15 is 0 Å². The van der Waals surface area contributed by atoms with Crippen LogP contribution in [0.3, 0.4) is 0 Å². The summed E-state index contributed by atoms with van der Waals surface area (Å²) in [6.45, 7) is 0.607. The number of benzene rings is 1. The van der Waals surface area contributed by atoms with Gasteiger partial charge in [-0.05, 0) is 25.3 Å². The molecule has 0 unspecified atom stereocenters. The Hall–Kier alpha value is -1.62. The van der Waals surface area contributed by atoms with E-state index in [9.17, 15) is 10.1 Å². The van der Waals surface area contributed by atoms with E-state index in [-0.39, 0.29) is 12.3 Å². The van der Waals surface area contributed by atoms with Crippen LogP contribution in [0.1, 0.15) is 19.3 Å². The van der Waals surface area contributed by atoms with Crippen LogP contribution in [0.25, 0.3) is 0 Å². The Kier molecular flexibility index (Phi) is 5.28. The number of hydrogen-bond donors (Lipinski definition) is 1. The van der Waals surface area contributed by atoms with Crippen molar-refractivity contribution in [1.82, 2.24) is 0 Å². The summed E-state index contributed by atoms with van der Waals surface area (Å²) in [7, 11) is 0. The maximum Gasteiger partial charge on any atom is 0.310 e. The zero-order valence-electron chi connectivity index (χ0n) is 8.96. The first-order valence-corrected chi connectivity index (χ1v) is 5.23. The van der Waals surface area contributed by atoms with E-state index < -0.39 is 4.92 Å². The summed E-state index contributed by atoms with van der Waals surface area (Å²) in [6, 6.07) is 6.32. The monoisotopic (exact) mass is 225 g/mol. The Balaban J connectivity index is 2.44. The van der Waals surface area contributed by atoms with Crippen LogP contribution in [0.2, 0.25) is 0 Å². The average Bonchev–Trinajstić information content (AvgIpc) is 2.29. The van der Waals surface area contributed by atoms with Gasteiger partial charge in [-0.25, -0.2) is 0 Å². The number of unbranched alkanes of at least 4 members (excludes halogenated alkanes) is 2. The van der Waals surface area contributed by atoms with Gasteiger partial charge in [-0.1, -0.05) is 12.1 Å². The molecule has 0 aromatic heterocycles. The van der Waals surface area contributed by atoms with E-state index in [1.54, 1.807) is 18.2 Å². The maximum absolute atomic E-state index is 10.6. The van der Waals surface area contributed by atoms with Crippen LogP contribution < -0.4 is 4.74 Å². The first-order chi connectivity index (χ1) is 7.75. The lowest BCUT2D eigenvalue weighted by molar-refractivity contribution is -0.385. The molecule has 0 aliphatic heterocycles. The Labute approximate surface area is 93.8 Å². The number of hydrogen-bond acceptors (Lipinski definition) is 4. The summed E-state index contributed by atoms with van der Waals surface area (Å²) in [5.41, 5.74) is -0.00958. The van der Waals surface area contributed by atoms with E-state index in [2.05, 4.69) is 0 Å². The number of nitrogens with zero attached hydrogens (tertiary/aromatic N) is 1. The highest BCUT2D eigenvalue weighted by atomic mass is 16.6. The average molecular weight is 225 g/mol. The van der Waals surface area contributed by atoms with Gasteiger partial charge < -0.3 is 9.84 Å². The fourth-order valence-electron chi connectivity index (χ4n) is 1.30. The molecule has 1 rings (SSSR count). The molecule has 0 aliphatic carbocycles. The minimum Gasteiger partial charge on any atom is -0.487 e. The number of aliphatic hydroxyl groups is 1. The number of aliphatic hydroxyl groups excluding tert-OH is 1. The third-order valence-corrected chi connectivity index (χ3v) is 2.12. The van der Waals surface area contributed by atoms with Crippen molar-refractivity contribution in [3.8, 4) is 5.75 Å². The van der Waals surface area contributed by atoms with Crippen LogP contribution in [0.5, 0.6) is 5.75 Å². The largest absolute Gasteiger partial charge is 0.487 e. The molecule has 0 aliphatic rings. The highest BCUT2D eigenvalue weighted by Gasteiger charge is 2.12. The van der Waals surface area contributed by atoms with Gasteiger partial charge in [0, 0.05) is 12.7 Å². The van der Waals surface area contributed by atoms with Gasteiger partial charge in [0.2, 0.25) is 0 Å². The van der Waals surface area contributed by atoms with Crippen LogP contribution in [0, 0.1) is 10.1 Å². The predicted octanol–water partition coefficient (Wildman–Crippen LogP) is 2.14. The van der Waals surface area contributed by atoms with Gasteiger partial charge in [-0.2, -0.15) is 0 Å². The first-order valence-electron chi connectivity index (χ1n) is 5.23. The molecule has 5 heteroatoms. The molecule has 0 atom stereocenters. The van der Waals surface area contributed by atoms with Crippen molar-refractivity contribution in [2.45, 2.75) is 19.3 Å². The lowest BCUT2D eigenvalue weighted by Gasteiger charge is -2.05. The van der Waals surface area contributed by atoms with Gasteiger partial charge in [0.05, 0.1) is 11.5 Å². The molecule has 0 fully saturated rings. The second-order valence-corrected chi connectivity index (χ2v) is 3.36. The Morgan fingerprint density at radius 2 is 2.00 bits per heavy atom. The summed E-state index contributed by atoms with van der Waals surface area (Å²) in [6.07, 6.45) is 2.38. The Morgan fingerprint density at radius 1 is 1.25 bits per heavy atom. The van der Waals surface area contributed by atoms with Gasteiger partial charge in [-0.3, -0.25) is 10.1 Å². The van der Waals surface area contributed by atoms with E-state index in [0.717, 1.165) is 19.3 Å². The number of nitro groups is 1. The van der Waals surface area contributed by atoms with Crippen LogP contribution in [-0.4, -0.2) is 23.2 Å². The zero-order valence-corrected chi connectivity index (χ0v) is 8.96. The quantitative estimate of drug-likeness (QED) is 0.438. The van der Waals surface area contributed by atoms with Gasteiger partial charge in [0.15, 0.2) is 5.75 Å². The van der Waals surface area contributed by atoms with E-state index in [1.807, 2.05) is 0 Å². The van der Waals surface area contributed by atoms with Gasteiger partial charge in [0.1, 0.15) is 0 Å². The maximum atomic E-state index is 10.6. The molecule has 0 heterocycles. The van der Waals surface area contributed by atoms with Crippen molar-refractivity contribution in [1.29, 1.82) is 0 Å². The summed E-state index contributed by atoms with van der Waals surface area (Å²) in [4.78, 5) is 10.2. The van der Waals surface area contributed by atoms with Crippen molar-refractivity contribution < 1.29 is 14.8 Å². The van der Waals surface area contributed by atoms with Crippen molar-refractivity contribution in [2.24, 2.45) is 0 Å². The zero-order chi connectivity index (χ0) is 11.8. The fraction of sp³-hybridized carbons (Fsp3) is 0.455. The van der Waals surface area contributed by atoms with Crippen molar-refractivity contribution in [2.75, 3.05) is 13.2 Å². The summed E-state index contributed by atoms with van der Waals surface area (Å²) in [5, 5.41) is 19.2. The van der Waals surface area contributed by atoms with Crippen LogP contribution in [-0.2, 0) is 0 Å². The van der Waals surface area contributed by atoms with Crippen LogP contribution in [0.4, 0.5) is 5.69 Å². The molecule has 0 bridgehead atoms. The molecular formula is C11H15NO4. The minimum absolute atomic E-state index is 0.00958. The van der Waals surface area contributed by atoms with E-state index in [4.69, 9.17) is 9.84 Å². The fourth-order valence-corrected chi connectivity index (χ4v) is 1.30. The third-order valence-electron chi connectivity index (χ3n) is 2.12. The van der Waals surface area contributed by atoms with Crippen LogP contribution in [0.15, 0.2) is 24.3 Å². The third kappa shape index (κ3) is 3.86. The second-order valence-electron chi connectivity index (χ2n) is 3.36. The molecule has 1 aromatic rings. The highest BCUT2D eigenvalue weighted by molar-refractivity contribution is 5.45. The molecular weight excluding hydrogens is 210 g/mol. The smallest absolute Gasteiger partial charge is 0.310 e. The summed E-state index contributed by atoms with van der Waals surface area (Å²) >= 11 is 0. The molecule has 88 valence electrons. The molecule has 0 saturated carbocycles. The van der Waals surface area contributed by atoms with Crippen molar-refractivity contribution >= 4 is 5.69 Å². The Bertz CT molecular complexity index is 341. The normalized spacial score (nSPS) is 10.1. The second kappa shape index (κ2) is 6.79. The molecule has 0 spiro atoms. The lowest BCUT2D eigenvalue weighted by Crippen LogP contribution is -2.00. The molecule has 0 radical (unpaired) electrons. The molecule has 0 amide bonds. The van der Waals surface area contributed by atoms with Crippen molar-refractivity contribution in [3.05, 3.63) is 34.4 Å². The topological polar surface area (TPSA) is 72.6 Å². The van der Waals surface area contributed by atoms with Crippen LogP contribution >= 0.6 is 0 Å². The number of nitro benzene ring substituents is 1. The molecule has 1 N–H and O–H groups in total. The highest BCUT2D eigenvalue weighted by Crippen LogP contribution is 2.25. The van der Waals surface area contributed by atoms with Crippen molar-refractivity contribution in [3.63, 3.8) is 0 Å². The predicted molar refractivity (Wildman–Crippen MR) is 59.5 cm³/mol. The van der Waals surface area contributed by atoms with Gasteiger partial charge >= 0.3 is 5.69 Å². The van der Waals surface area contributed by atoms with E-state index in [0.29, 0.717) is 12.4 Å². The standard InChI is InChI=1S/C11H15NO4/c13-8-4-1-5-9-16-11-7-3-2-6-10(11)12(14)15/h2-3,6-7,13H,1,4-5,8-9H2. The van der Waals surface area contributed by atoms with Gasteiger partial charge in [-0.15, -0.1) is 0 Å².